The van der Waals surface area contributed by atoms with Crippen LogP contribution in [0.25, 0.3) is 0 Å². The third kappa shape index (κ3) is 5.11. The Morgan fingerprint density at radius 3 is 2.27 bits per heavy atom. The summed E-state index contributed by atoms with van der Waals surface area (Å²) in [7, 11) is -2.25. The normalized spacial score (nSPS) is 11.0. The Balaban J connectivity index is 1.62. The van der Waals surface area contributed by atoms with Crippen molar-refractivity contribution >= 4 is 38.9 Å². The molecule has 6 nitrogen and oxygen atoms in total. The summed E-state index contributed by atoms with van der Waals surface area (Å²) >= 11 is 5.83. The molecule has 3 aromatic carbocycles. The molecular formula is C22H21ClN2O4S. The molecule has 0 fully saturated rings. The minimum atomic E-state index is -3.72. The minimum Gasteiger partial charge on any atom is -0.484 e. The van der Waals surface area contributed by atoms with E-state index in [9.17, 15) is 13.2 Å². The van der Waals surface area contributed by atoms with Crippen LogP contribution in [-0.4, -0.2) is 28.0 Å². The van der Waals surface area contributed by atoms with Crippen LogP contribution in [0.15, 0.2) is 77.7 Å². The zero-order valence-electron chi connectivity index (χ0n) is 16.5. The molecule has 3 rings (SSSR count). The Bertz CT molecular complexity index is 1130. The van der Waals surface area contributed by atoms with Gasteiger partial charge in [0.15, 0.2) is 6.61 Å². The van der Waals surface area contributed by atoms with E-state index in [2.05, 4.69) is 5.32 Å². The molecule has 0 saturated heterocycles. The molecule has 0 saturated carbocycles. The number of ether oxygens (including phenoxy) is 1. The number of hydrogen-bond acceptors (Lipinski definition) is 4. The summed E-state index contributed by atoms with van der Waals surface area (Å²) in [4.78, 5) is 12.2. The number of benzene rings is 3. The van der Waals surface area contributed by atoms with E-state index in [1.54, 1.807) is 24.3 Å². The van der Waals surface area contributed by atoms with Crippen molar-refractivity contribution in [1.29, 1.82) is 0 Å². The topological polar surface area (TPSA) is 75.7 Å². The van der Waals surface area contributed by atoms with Gasteiger partial charge >= 0.3 is 0 Å². The molecule has 156 valence electrons. The van der Waals surface area contributed by atoms with Crippen LogP contribution in [-0.2, 0) is 14.8 Å². The van der Waals surface area contributed by atoms with Crippen LogP contribution in [0.5, 0.6) is 5.75 Å². The highest BCUT2D eigenvalue weighted by Crippen LogP contribution is 2.25. The van der Waals surface area contributed by atoms with Crippen molar-refractivity contribution in [3.8, 4) is 5.75 Å². The van der Waals surface area contributed by atoms with E-state index in [4.69, 9.17) is 16.3 Å². The van der Waals surface area contributed by atoms with E-state index in [1.165, 1.54) is 35.6 Å². The summed E-state index contributed by atoms with van der Waals surface area (Å²) in [5.41, 5.74) is 2.15. The lowest BCUT2D eigenvalue weighted by Crippen LogP contribution is -2.26. The van der Waals surface area contributed by atoms with Crippen LogP contribution in [0, 0.1) is 6.92 Å². The lowest BCUT2D eigenvalue weighted by Gasteiger charge is -2.20. The highest BCUT2D eigenvalue weighted by molar-refractivity contribution is 7.92. The van der Waals surface area contributed by atoms with Gasteiger partial charge in [0.05, 0.1) is 10.6 Å². The molecule has 1 amide bonds. The van der Waals surface area contributed by atoms with Gasteiger partial charge in [0.2, 0.25) is 0 Å². The summed E-state index contributed by atoms with van der Waals surface area (Å²) in [6.45, 7) is 1.75. The van der Waals surface area contributed by atoms with Crippen LogP contribution < -0.4 is 14.4 Å². The van der Waals surface area contributed by atoms with Gasteiger partial charge in [0.25, 0.3) is 15.9 Å². The molecule has 0 atom stereocenters. The SMILES string of the molecule is Cc1ccccc1NC(=O)COc1ccc(N(C)S(=O)(=O)c2ccc(Cl)cc2)cc1. The van der Waals surface area contributed by atoms with Crippen molar-refractivity contribution in [2.24, 2.45) is 0 Å². The van der Waals surface area contributed by atoms with E-state index < -0.39 is 10.0 Å². The summed E-state index contributed by atoms with van der Waals surface area (Å²) in [6, 6.07) is 19.9. The molecule has 1 N–H and O–H groups in total. The van der Waals surface area contributed by atoms with E-state index in [1.807, 2.05) is 31.2 Å². The van der Waals surface area contributed by atoms with Crippen molar-refractivity contribution in [2.75, 3.05) is 23.3 Å². The van der Waals surface area contributed by atoms with Gasteiger partial charge in [-0.05, 0) is 67.1 Å². The molecule has 3 aromatic rings. The van der Waals surface area contributed by atoms with Gasteiger partial charge in [0, 0.05) is 17.8 Å². The number of hydrogen-bond donors (Lipinski definition) is 1. The number of amides is 1. The fourth-order valence-electron chi connectivity index (χ4n) is 2.70. The number of sulfonamides is 1. The Morgan fingerprint density at radius 1 is 1.00 bits per heavy atom. The molecule has 8 heteroatoms. The van der Waals surface area contributed by atoms with Crippen molar-refractivity contribution in [2.45, 2.75) is 11.8 Å². The summed E-state index contributed by atoms with van der Waals surface area (Å²) in [6.07, 6.45) is 0. The second-order valence-electron chi connectivity index (χ2n) is 6.57. The number of anilines is 2. The first-order valence-corrected chi connectivity index (χ1v) is 10.9. The predicted molar refractivity (Wildman–Crippen MR) is 119 cm³/mol. The molecule has 0 spiro atoms. The predicted octanol–water partition coefficient (Wildman–Crippen LogP) is 4.49. The van der Waals surface area contributed by atoms with Crippen molar-refractivity contribution in [3.05, 3.63) is 83.4 Å². The van der Waals surface area contributed by atoms with Crippen LogP contribution >= 0.6 is 11.6 Å². The van der Waals surface area contributed by atoms with Gasteiger partial charge in [-0.15, -0.1) is 0 Å². The molecule has 0 radical (unpaired) electrons. The van der Waals surface area contributed by atoms with Gasteiger partial charge < -0.3 is 10.1 Å². The molecule has 0 aliphatic carbocycles. The molecule has 0 heterocycles. The van der Waals surface area contributed by atoms with Gasteiger partial charge in [-0.1, -0.05) is 29.8 Å². The van der Waals surface area contributed by atoms with E-state index in [0.29, 0.717) is 16.5 Å². The number of para-hydroxylation sites is 1. The molecule has 0 aromatic heterocycles. The van der Waals surface area contributed by atoms with Gasteiger partial charge in [-0.3, -0.25) is 9.10 Å². The number of nitrogens with one attached hydrogen (secondary N) is 1. The Morgan fingerprint density at radius 2 is 1.63 bits per heavy atom. The number of halogens is 1. The van der Waals surface area contributed by atoms with E-state index >= 15 is 0 Å². The van der Waals surface area contributed by atoms with Crippen LogP contribution in [0.2, 0.25) is 5.02 Å². The van der Waals surface area contributed by atoms with Crippen molar-refractivity contribution in [1.82, 2.24) is 0 Å². The van der Waals surface area contributed by atoms with E-state index in [-0.39, 0.29) is 17.4 Å². The number of carbonyl (C=O) groups excluding carboxylic acids is 1. The number of rotatable bonds is 7. The van der Waals surface area contributed by atoms with Gasteiger partial charge in [0.1, 0.15) is 5.75 Å². The fraction of sp³-hybridized carbons (Fsp3) is 0.136. The zero-order valence-corrected chi connectivity index (χ0v) is 18.1. The first-order chi connectivity index (χ1) is 14.3. The Labute approximate surface area is 181 Å². The lowest BCUT2D eigenvalue weighted by atomic mass is 10.2. The Hall–Kier alpha value is -3.03. The van der Waals surface area contributed by atoms with Crippen LogP contribution in [0.3, 0.4) is 0 Å². The van der Waals surface area contributed by atoms with Crippen molar-refractivity contribution in [3.63, 3.8) is 0 Å². The smallest absolute Gasteiger partial charge is 0.264 e. The summed E-state index contributed by atoms with van der Waals surface area (Å²) in [5.74, 6) is 0.173. The van der Waals surface area contributed by atoms with Crippen LogP contribution in [0.4, 0.5) is 11.4 Å². The molecule has 0 unspecified atom stereocenters. The summed E-state index contributed by atoms with van der Waals surface area (Å²) in [5, 5.41) is 3.25. The highest BCUT2D eigenvalue weighted by Gasteiger charge is 2.21. The third-order valence-electron chi connectivity index (χ3n) is 4.46. The number of aryl methyl sites for hydroxylation is 1. The second-order valence-corrected chi connectivity index (χ2v) is 8.98. The Kier molecular flexibility index (Phi) is 6.64. The minimum absolute atomic E-state index is 0.141. The molecule has 0 aliphatic heterocycles. The average Bonchev–Trinajstić information content (AvgIpc) is 2.74. The average molecular weight is 445 g/mol. The maximum Gasteiger partial charge on any atom is 0.264 e. The van der Waals surface area contributed by atoms with Gasteiger partial charge in [-0.25, -0.2) is 8.42 Å². The standard InChI is InChI=1S/C22H21ClN2O4S/c1-16-5-3-4-6-21(16)24-22(26)15-29-19-11-9-18(10-12-19)25(2)30(27,28)20-13-7-17(23)8-14-20/h3-14H,15H2,1-2H3,(H,24,26). The second kappa shape index (κ2) is 9.19. The lowest BCUT2D eigenvalue weighted by molar-refractivity contribution is -0.118. The van der Waals surface area contributed by atoms with Gasteiger partial charge in [-0.2, -0.15) is 0 Å². The highest BCUT2D eigenvalue weighted by atomic mass is 35.5. The maximum absolute atomic E-state index is 12.7. The van der Waals surface area contributed by atoms with Crippen molar-refractivity contribution < 1.29 is 17.9 Å². The first kappa shape index (κ1) is 21.7. The van der Waals surface area contributed by atoms with Crippen LogP contribution in [0.1, 0.15) is 5.56 Å². The molecule has 0 aliphatic rings. The maximum atomic E-state index is 12.7. The molecular weight excluding hydrogens is 424 g/mol. The molecule has 0 bridgehead atoms. The van der Waals surface area contributed by atoms with E-state index in [0.717, 1.165) is 11.3 Å². The summed E-state index contributed by atoms with van der Waals surface area (Å²) < 4.78 is 32.2. The number of carbonyl (C=O) groups is 1. The largest absolute Gasteiger partial charge is 0.484 e. The monoisotopic (exact) mass is 444 g/mol. The third-order valence-corrected chi connectivity index (χ3v) is 6.51. The fourth-order valence-corrected chi connectivity index (χ4v) is 4.03. The zero-order chi connectivity index (χ0) is 21.7. The molecule has 30 heavy (non-hydrogen) atoms. The number of nitrogens with zero attached hydrogens (tertiary/aromatic N) is 1. The first-order valence-electron chi connectivity index (χ1n) is 9.10. The quantitative estimate of drug-likeness (QED) is 0.582.